The Morgan fingerprint density at radius 2 is 2.18 bits per heavy atom. The number of hydrogen-bond donors (Lipinski definition) is 2. The third-order valence-electron chi connectivity index (χ3n) is 2.37. The van der Waals surface area contributed by atoms with Crippen molar-refractivity contribution in [1.29, 1.82) is 0 Å². The standard InChI is InChI=1S/C14H14N2O/c1-2-3-4-5-14(17)16-12-6-7-13-11(10-12)8-9-15-13/h2-10,15H,1H3,(H,16,17)/b3-2+,5-4-. The molecule has 3 heteroatoms. The molecule has 0 radical (unpaired) electrons. The second-order valence-electron chi connectivity index (χ2n) is 3.65. The van der Waals surface area contributed by atoms with E-state index < -0.39 is 0 Å². The Hall–Kier alpha value is -2.29. The van der Waals surface area contributed by atoms with Crippen molar-refractivity contribution in [1.82, 2.24) is 4.98 Å². The van der Waals surface area contributed by atoms with Gasteiger partial charge in [0.05, 0.1) is 0 Å². The highest BCUT2D eigenvalue weighted by Gasteiger charge is 1.99. The zero-order valence-electron chi connectivity index (χ0n) is 9.60. The number of aromatic nitrogens is 1. The van der Waals surface area contributed by atoms with E-state index in [0.29, 0.717) is 0 Å². The van der Waals surface area contributed by atoms with Crippen LogP contribution in [0.2, 0.25) is 0 Å². The Bertz CT molecular complexity index is 579. The summed E-state index contributed by atoms with van der Waals surface area (Å²) in [7, 11) is 0. The van der Waals surface area contributed by atoms with E-state index in [4.69, 9.17) is 0 Å². The molecule has 1 amide bonds. The maximum absolute atomic E-state index is 11.5. The first-order chi connectivity index (χ1) is 8.29. The predicted octanol–water partition coefficient (Wildman–Crippen LogP) is 3.24. The molecule has 0 fully saturated rings. The molecule has 0 aliphatic rings. The number of rotatable bonds is 3. The molecule has 2 N–H and O–H groups in total. The van der Waals surface area contributed by atoms with Gasteiger partial charge in [0.25, 0.3) is 0 Å². The number of benzene rings is 1. The largest absolute Gasteiger partial charge is 0.361 e. The van der Waals surface area contributed by atoms with Crippen LogP contribution in [0.1, 0.15) is 6.92 Å². The van der Waals surface area contributed by atoms with Crippen LogP contribution in [0, 0.1) is 0 Å². The summed E-state index contributed by atoms with van der Waals surface area (Å²) in [4.78, 5) is 14.6. The molecule has 3 nitrogen and oxygen atoms in total. The van der Waals surface area contributed by atoms with Crippen LogP contribution in [0.3, 0.4) is 0 Å². The van der Waals surface area contributed by atoms with Crippen LogP contribution in [0.15, 0.2) is 54.8 Å². The van der Waals surface area contributed by atoms with Crippen LogP contribution < -0.4 is 5.32 Å². The molecule has 1 aromatic heterocycles. The maximum atomic E-state index is 11.5. The molecule has 0 unspecified atom stereocenters. The van der Waals surface area contributed by atoms with E-state index in [1.54, 1.807) is 6.08 Å². The summed E-state index contributed by atoms with van der Waals surface area (Å²) in [6.07, 6.45) is 8.78. The minimum absolute atomic E-state index is 0.127. The van der Waals surface area contributed by atoms with E-state index in [2.05, 4.69) is 10.3 Å². The normalized spacial score (nSPS) is 11.6. The SMILES string of the molecule is C/C=C/C=C\C(=O)Nc1ccc2[nH]ccc2c1. The van der Waals surface area contributed by atoms with Gasteiger partial charge in [-0.1, -0.05) is 18.2 Å². The number of anilines is 1. The molecule has 0 spiro atoms. The second-order valence-corrected chi connectivity index (χ2v) is 3.65. The van der Waals surface area contributed by atoms with Crippen molar-refractivity contribution in [3.8, 4) is 0 Å². The first-order valence-corrected chi connectivity index (χ1v) is 5.47. The van der Waals surface area contributed by atoms with Crippen LogP contribution in [0.25, 0.3) is 10.9 Å². The first-order valence-electron chi connectivity index (χ1n) is 5.47. The van der Waals surface area contributed by atoms with Gasteiger partial charge in [0.1, 0.15) is 0 Å². The van der Waals surface area contributed by atoms with Crippen LogP contribution in [0.5, 0.6) is 0 Å². The number of carbonyl (C=O) groups is 1. The summed E-state index contributed by atoms with van der Waals surface area (Å²) in [5, 5.41) is 3.89. The Balaban J connectivity index is 2.10. The molecule has 0 saturated carbocycles. The number of hydrogen-bond acceptors (Lipinski definition) is 1. The molecule has 17 heavy (non-hydrogen) atoms. The molecule has 1 aromatic carbocycles. The van der Waals surface area contributed by atoms with E-state index in [0.717, 1.165) is 16.6 Å². The van der Waals surface area contributed by atoms with Crippen LogP contribution in [-0.2, 0) is 4.79 Å². The number of allylic oxidation sites excluding steroid dienone is 3. The van der Waals surface area contributed by atoms with Crippen molar-refractivity contribution in [2.24, 2.45) is 0 Å². The van der Waals surface area contributed by atoms with Crippen molar-refractivity contribution < 1.29 is 4.79 Å². The summed E-state index contributed by atoms with van der Waals surface area (Å²) < 4.78 is 0. The number of nitrogens with one attached hydrogen (secondary N) is 2. The predicted molar refractivity (Wildman–Crippen MR) is 70.9 cm³/mol. The molecule has 2 rings (SSSR count). The summed E-state index contributed by atoms with van der Waals surface area (Å²) in [5.41, 5.74) is 1.86. The molecule has 0 aliphatic heterocycles. The van der Waals surface area contributed by atoms with Crippen molar-refractivity contribution >= 4 is 22.5 Å². The topological polar surface area (TPSA) is 44.9 Å². The van der Waals surface area contributed by atoms with Gasteiger partial charge in [0, 0.05) is 28.9 Å². The average Bonchev–Trinajstić information content (AvgIpc) is 2.76. The Morgan fingerprint density at radius 1 is 1.29 bits per heavy atom. The van der Waals surface area contributed by atoms with E-state index in [9.17, 15) is 4.79 Å². The van der Waals surface area contributed by atoms with Crippen molar-refractivity contribution in [2.75, 3.05) is 5.32 Å². The molecule has 0 atom stereocenters. The minimum Gasteiger partial charge on any atom is -0.361 e. The summed E-state index contributed by atoms with van der Waals surface area (Å²) in [6.45, 7) is 1.90. The Morgan fingerprint density at radius 3 is 3.00 bits per heavy atom. The zero-order valence-corrected chi connectivity index (χ0v) is 9.60. The number of amides is 1. The number of H-pyrrole nitrogens is 1. The average molecular weight is 226 g/mol. The summed E-state index contributed by atoms with van der Waals surface area (Å²) in [5.74, 6) is -0.127. The number of carbonyl (C=O) groups excluding carboxylic acids is 1. The van der Waals surface area contributed by atoms with Gasteiger partial charge in [-0.3, -0.25) is 4.79 Å². The smallest absolute Gasteiger partial charge is 0.248 e. The van der Waals surface area contributed by atoms with Gasteiger partial charge in [-0.05, 0) is 31.2 Å². The monoisotopic (exact) mass is 226 g/mol. The second kappa shape index (κ2) is 5.16. The lowest BCUT2D eigenvalue weighted by Crippen LogP contribution is -2.07. The Labute approximate surface area is 99.8 Å². The molecule has 86 valence electrons. The molecule has 0 aliphatic carbocycles. The fourth-order valence-electron chi connectivity index (χ4n) is 1.57. The van der Waals surface area contributed by atoms with Gasteiger partial charge in [-0.25, -0.2) is 0 Å². The fourth-order valence-corrected chi connectivity index (χ4v) is 1.57. The van der Waals surface area contributed by atoms with Gasteiger partial charge in [0.2, 0.25) is 5.91 Å². The van der Waals surface area contributed by atoms with Crippen LogP contribution in [0.4, 0.5) is 5.69 Å². The number of fused-ring (bicyclic) bond motifs is 1. The summed E-state index contributed by atoms with van der Waals surface area (Å²) >= 11 is 0. The van der Waals surface area contributed by atoms with Crippen molar-refractivity contribution in [3.63, 3.8) is 0 Å². The van der Waals surface area contributed by atoms with Crippen molar-refractivity contribution in [2.45, 2.75) is 6.92 Å². The quantitative estimate of drug-likeness (QED) is 0.612. The minimum atomic E-state index is -0.127. The van der Waals surface area contributed by atoms with Gasteiger partial charge in [-0.15, -0.1) is 0 Å². The molecule has 2 aromatic rings. The lowest BCUT2D eigenvalue weighted by molar-refractivity contribution is -0.111. The molecule has 0 saturated heterocycles. The molecular formula is C14H14N2O. The fraction of sp³-hybridized carbons (Fsp3) is 0.0714. The third kappa shape index (κ3) is 2.84. The van der Waals surface area contributed by atoms with Gasteiger partial charge >= 0.3 is 0 Å². The first kappa shape index (κ1) is 11.2. The van der Waals surface area contributed by atoms with Gasteiger partial charge < -0.3 is 10.3 Å². The van der Waals surface area contributed by atoms with Crippen LogP contribution in [-0.4, -0.2) is 10.9 Å². The summed E-state index contributed by atoms with van der Waals surface area (Å²) in [6, 6.07) is 7.73. The number of aromatic amines is 1. The van der Waals surface area contributed by atoms with Gasteiger partial charge in [-0.2, -0.15) is 0 Å². The highest BCUT2D eigenvalue weighted by atomic mass is 16.1. The van der Waals surface area contributed by atoms with Gasteiger partial charge in [0.15, 0.2) is 0 Å². The Kier molecular flexibility index (Phi) is 3.40. The molecular weight excluding hydrogens is 212 g/mol. The lowest BCUT2D eigenvalue weighted by Gasteiger charge is -2.01. The zero-order chi connectivity index (χ0) is 12.1. The molecule has 1 heterocycles. The third-order valence-corrected chi connectivity index (χ3v) is 2.37. The highest BCUT2D eigenvalue weighted by molar-refractivity contribution is 6.00. The van der Waals surface area contributed by atoms with E-state index in [1.807, 2.05) is 49.5 Å². The highest BCUT2D eigenvalue weighted by Crippen LogP contribution is 2.17. The molecule has 0 bridgehead atoms. The maximum Gasteiger partial charge on any atom is 0.248 e. The van der Waals surface area contributed by atoms with E-state index >= 15 is 0 Å². The van der Waals surface area contributed by atoms with Crippen molar-refractivity contribution in [3.05, 3.63) is 54.8 Å². The van der Waals surface area contributed by atoms with E-state index in [1.165, 1.54) is 6.08 Å². The lowest BCUT2D eigenvalue weighted by atomic mass is 10.2. The van der Waals surface area contributed by atoms with Crippen LogP contribution >= 0.6 is 0 Å². The van der Waals surface area contributed by atoms with E-state index in [-0.39, 0.29) is 5.91 Å².